The van der Waals surface area contributed by atoms with Crippen LogP contribution < -0.4 is 0 Å². The quantitative estimate of drug-likeness (QED) is 0.507. The Hall–Kier alpha value is -0.880. The maximum Gasteiger partial charge on any atom is 0.0284 e. The van der Waals surface area contributed by atoms with Gasteiger partial charge < -0.3 is 0 Å². The number of hydrogen-bond donors (Lipinski definition) is 0. The number of rotatable bonds is 2. The van der Waals surface area contributed by atoms with E-state index in [2.05, 4.69) is 24.7 Å². The largest absolute Gasteiger partial charge is 0.103 e. The summed E-state index contributed by atoms with van der Waals surface area (Å²) < 4.78 is 0. The third kappa shape index (κ3) is 5.26. The minimum Gasteiger partial charge on any atom is -0.103 e. The van der Waals surface area contributed by atoms with E-state index in [1.807, 2.05) is 6.92 Å². The van der Waals surface area contributed by atoms with E-state index in [0.29, 0.717) is 12.3 Å². The first-order chi connectivity index (χ1) is 4.81. The first-order valence-electron chi connectivity index (χ1n) is 3.69. The van der Waals surface area contributed by atoms with E-state index < -0.39 is 0 Å². The van der Waals surface area contributed by atoms with E-state index in [1.165, 1.54) is 0 Å². The van der Waals surface area contributed by atoms with Crippen molar-refractivity contribution in [3.63, 3.8) is 0 Å². The van der Waals surface area contributed by atoms with Crippen LogP contribution in [-0.4, -0.2) is 0 Å². The molecule has 0 aliphatic heterocycles. The van der Waals surface area contributed by atoms with Gasteiger partial charge in [0.1, 0.15) is 0 Å². The lowest BCUT2D eigenvalue weighted by Gasteiger charge is -1.92. The van der Waals surface area contributed by atoms with Crippen LogP contribution in [0.15, 0.2) is 0 Å². The van der Waals surface area contributed by atoms with Crippen LogP contribution in [0.2, 0.25) is 0 Å². The molecule has 0 N–H and O–H groups in total. The predicted octanol–water partition coefficient (Wildman–Crippen LogP) is 2.41. The molecule has 0 amide bonds. The molecule has 1 radical (unpaired) electrons. The van der Waals surface area contributed by atoms with Gasteiger partial charge in [0, 0.05) is 18.8 Å². The summed E-state index contributed by atoms with van der Waals surface area (Å²) in [5.74, 6) is 8.75. The Kier molecular flexibility index (Phi) is 5.69. The molecule has 0 saturated heterocycles. The van der Waals surface area contributed by atoms with Crippen LogP contribution in [0, 0.1) is 30.1 Å². The van der Waals surface area contributed by atoms with Crippen molar-refractivity contribution in [2.45, 2.75) is 33.1 Å². The maximum absolute atomic E-state index is 6.70. The second-order valence-electron chi connectivity index (χ2n) is 2.35. The summed E-state index contributed by atoms with van der Waals surface area (Å²) in [7, 11) is 0. The second kappa shape index (κ2) is 6.24. The van der Waals surface area contributed by atoms with E-state index in [1.54, 1.807) is 0 Å². The van der Waals surface area contributed by atoms with Crippen LogP contribution in [0.1, 0.15) is 33.1 Å². The molecule has 0 fully saturated rings. The Bertz CT molecular complexity index is 161. The molecule has 0 heterocycles. The van der Waals surface area contributed by atoms with E-state index in [0.717, 1.165) is 12.8 Å². The van der Waals surface area contributed by atoms with Gasteiger partial charge in [-0.2, -0.15) is 0 Å². The molecule has 0 aromatic carbocycles. The molecule has 0 aliphatic carbocycles. The fourth-order valence-corrected chi connectivity index (χ4v) is 0.576. The van der Waals surface area contributed by atoms with Gasteiger partial charge in [-0.15, -0.1) is 5.92 Å². The van der Waals surface area contributed by atoms with Gasteiger partial charge in [-0.05, 0) is 12.8 Å². The van der Waals surface area contributed by atoms with Crippen molar-refractivity contribution in [3.05, 3.63) is 6.42 Å². The molecule has 0 heteroatoms. The zero-order chi connectivity index (χ0) is 7.82. The van der Waals surface area contributed by atoms with E-state index in [9.17, 15) is 0 Å². The summed E-state index contributed by atoms with van der Waals surface area (Å²) in [6.45, 7) is 4.13. The highest BCUT2D eigenvalue weighted by atomic mass is 13.9. The summed E-state index contributed by atoms with van der Waals surface area (Å²) in [5, 5.41) is 0. The highest BCUT2D eigenvalue weighted by Crippen LogP contribution is 1.97. The van der Waals surface area contributed by atoms with E-state index in [-0.39, 0.29) is 0 Å². The molecule has 0 aromatic rings. The monoisotopic (exact) mass is 133 g/mol. The Morgan fingerprint density at radius 1 is 1.50 bits per heavy atom. The third-order valence-corrected chi connectivity index (χ3v) is 1.13. The minimum atomic E-state index is 0.309. The van der Waals surface area contributed by atoms with Crippen molar-refractivity contribution in [1.82, 2.24) is 0 Å². The molecule has 0 saturated carbocycles. The van der Waals surface area contributed by atoms with Crippen molar-refractivity contribution in [2.24, 2.45) is 5.92 Å². The number of hydrogen-bond acceptors (Lipinski definition) is 0. The van der Waals surface area contributed by atoms with Crippen LogP contribution in [0.5, 0.6) is 0 Å². The highest BCUT2D eigenvalue weighted by molar-refractivity contribution is 5.04. The van der Waals surface area contributed by atoms with Gasteiger partial charge in [0.05, 0.1) is 0 Å². The normalized spacial score (nSPS) is 10.9. The third-order valence-electron chi connectivity index (χ3n) is 1.13. The van der Waals surface area contributed by atoms with Gasteiger partial charge in [0.15, 0.2) is 0 Å². The van der Waals surface area contributed by atoms with E-state index in [4.69, 9.17) is 6.42 Å². The molecule has 53 valence electrons. The molecule has 0 rings (SSSR count). The fourth-order valence-electron chi connectivity index (χ4n) is 0.576. The summed E-state index contributed by atoms with van der Waals surface area (Å²) in [6, 6.07) is 0. The Morgan fingerprint density at radius 3 is 2.70 bits per heavy atom. The van der Waals surface area contributed by atoms with Gasteiger partial charge in [0.25, 0.3) is 0 Å². The fraction of sp³-hybridized carbons (Fsp3) is 0.600. The van der Waals surface area contributed by atoms with Crippen LogP contribution in [0.25, 0.3) is 0 Å². The Morgan fingerprint density at radius 2 is 2.20 bits per heavy atom. The van der Waals surface area contributed by atoms with Gasteiger partial charge in [-0.3, -0.25) is 0 Å². The summed E-state index contributed by atoms with van der Waals surface area (Å²) in [6.07, 6.45) is 9.45. The lowest BCUT2D eigenvalue weighted by Crippen LogP contribution is -1.85. The SMILES string of the molecule is [C]#CCC(C)C#CCCC. The highest BCUT2D eigenvalue weighted by Gasteiger charge is 1.90. The average molecular weight is 133 g/mol. The van der Waals surface area contributed by atoms with Crippen LogP contribution in [0.3, 0.4) is 0 Å². The van der Waals surface area contributed by atoms with Crippen molar-refractivity contribution >= 4 is 0 Å². The molecule has 1 unspecified atom stereocenters. The van der Waals surface area contributed by atoms with Crippen LogP contribution >= 0.6 is 0 Å². The van der Waals surface area contributed by atoms with Gasteiger partial charge in [0.2, 0.25) is 0 Å². The Labute approximate surface area is 64.0 Å². The minimum absolute atomic E-state index is 0.309. The maximum atomic E-state index is 6.70. The van der Waals surface area contributed by atoms with Crippen LogP contribution in [0.4, 0.5) is 0 Å². The van der Waals surface area contributed by atoms with Crippen molar-refractivity contribution < 1.29 is 0 Å². The molecule has 1 atom stereocenters. The lowest BCUT2D eigenvalue weighted by atomic mass is 10.1. The molecule has 0 bridgehead atoms. The van der Waals surface area contributed by atoms with Crippen molar-refractivity contribution in [2.75, 3.05) is 0 Å². The topological polar surface area (TPSA) is 0 Å². The molecule has 0 spiro atoms. The van der Waals surface area contributed by atoms with Crippen molar-refractivity contribution in [3.8, 4) is 17.8 Å². The zero-order valence-corrected chi connectivity index (χ0v) is 6.70. The van der Waals surface area contributed by atoms with Gasteiger partial charge in [-0.1, -0.05) is 25.7 Å². The molecule has 0 aromatic heterocycles. The summed E-state index contributed by atoms with van der Waals surface area (Å²) in [4.78, 5) is 0. The van der Waals surface area contributed by atoms with E-state index >= 15 is 0 Å². The first kappa shape index (κ1) is 9.12. The molecule has 0 nitrogen and oxygen atoms in total. The smallest absolute Gasteiger partial charge is 0.0284 e. The molecule has 0 aliphatic rings. The van der Waals surface area contributed by atoms with Gasteiger partial charge in [-0.25, -0.2) is 0 Å². The zero-order valence-electron chi connectivity index (χ0n) is 6.70. The van der Waals surface area contributed by atoms with Crippen LogP contribution in [-0.2, 0) is 0 Å². The Balaban J connectivity index is 3.49. The van der Waals surface area contributed by atoms with Crippen molar-refractivity contribution in [1.29, 1.82) is 0 Å². The molecular formula is C10H13. The standard InChI is InChI=1S/C10H13/c1-4-6-7-9-10(3)8-5-2/h10H,4,6,8H2,1,3H3. The first-order valence-corrected chi connectivity index (χ1v) is 3.69. The second-order valence-corrected chi connectivity index (χ2v) is 2.35. The van der Waals surface area contributed by atoms with Gasteiger partial charge >= 0.3 is 0 Å². The summed E-state index contributed by atoms with van der Waals surface area (Å²) in [5.41, 5.74) is 0. The lowest BCUT2D eigenvalue weighted by molar-refractivity contribution is 0.786. The number of unbranched alkanes of at least 4 members (excludes halogenated alkanes) is 1. The average Bonchev–Trinajstić information content (AvgIpc) is 1.89. The summed E-state index contributed by atoms with van der Waals surface area (Å²) >= 11 is 0. The molecular weight excluding hydrogens is 120 g/mol. The predicted molar refractivity (Wildman–Crippen MR) is 43.6 cm³/mol. The molecule has 10 heavy (non-hydrogen) atoms.